The molecular weight excluding hydrogens is 672 g/mol. The number of nitrogens with one attached hydrogen (secondary N) is 1. The summed E-state index contributed by atoms with van der Waals surface area (Å²) in [5.74, 6) is -0.293. The molecule has 292 valence electrons. The molecule has 1 aromatic heterocycles. The molecule has 2 N–H and O–H groups in total. The molecule has 0 aromatic carbocycles. The first-order valence-electron chi connectivity index (χ1n) is 19.0. The number of carbonyl (C=O) groups excluding carboxylic acids is 4. The van der Waals surface area contributed by atoms with Gasteiger partial charge in [-0.1, -0.05) is 23.8 Å². The highest BCUT2D eigenvalue weighted by Crippen LogP contribution is 2.52. The van der Waals surface area contributed by atoms with Crippen LogP contribution in [-0.2, 0) is 51.2 Å². The Balaban J connectivity index is 1.21. The van der Waals surface area contributed by atoms with E-state index in [0.717, 1.165) is 6.42 Å². The van der Waals surface area contributed by atoms with Gasteiger partial charge in [-0.2, -0.15) is 0 Å². The summed E-state index contributed by atoms with van der Waals surface area (Å²) < 4.78 is 23.5. The average molecular weight is 733 g/mol. The van der Waals surface area contributed by atoms with Crippen LogP contribution in [0.1, 0.15) is 78.3 Å². The van der Waals surface area contributed by atoms with Crippen molar-refractivity contribution in [3.05, 3.63) is 24.0 Å². The van der Waals surface area contributed by atoms with Gasteiger partial charge in [0.15, 0.2) is 0 Å². The van der Waals surface area contributed by atoms with E-state index >= 15 is 0 Å². The number of fused-ring (bicyclic) bond motifs is 5. The van der Waals surface area contributed by atoms with E-state index in [4.69, 9.17) is 24.1 Å². The lowest BCUT2D eigenvalue weighted by Crippen LogP contribution is -2.45. The number of amides is 4. The van der Waals surface area contributed by atoms with Crippen LogP contribution < -0.4 is 5.32 Å². The number of aliphatic hydroxyl groups excluding tert-OH is 1. The average Bonchev–Trinajstić information content (AvgIpc) is 3.88. The van der Waals surface area contributed by atoms with Crippen molar-refractivity contribution in [2.45, 2.75) is 97.4 Å². The molecule has 1 saturated carbocycles. The van der Waals surface area contributed by atoms with E-state index in [1.807, 2.05) is 27.7 Å². The molecule has 2 aliphatic carbocycles. The Morgan fingerprint density at radius 3 is 2.23 bits per heavy atom. The van der Waals surface area contributed by atoms with Crippen LogP contribution in [0.25, 0.3) is 0 Å². The van der Waals surface area contributed by atoms with E-state index in [2.05, 4.69) is 27.8 Å². The molecule has 1 aliphatic heterocycles. The number of ether oxygens (including phenoxy) is 4. The molecular formula is C37H60N6O9. The quantitative estimate of drug-likeness (QED) is 0.0771. The van der Waals surface area contributed by atoms with Crippen LogP contribution >= 0.6 is 0 Å². The van der Waals surface area contributed by atoms with Crippen LogP contribution in [0.2, 0.25) is 0 Å². The number of rotatable bonds is 27. The molecule has 4 amide bonds. The lowest BCUT2D eigenvalue weighted by Gasteiger charge is -2.28. The number of carbonyl (C=O) groups is 4. The smallest absolute Gasteiger partial charge is 0.233 e. The Bertz CT molecular complexity index is 1300. The summed E-state index contributed by atoms with van der Waals surface area (Å²) in [6.45, 7) is 12.1. The van der Waals surface area contributed by atoms with Gasteiger partial charge in [0, 0.05) is 38.1 Å². The van der Waals surface area contributed by atoms with Gasteiger partial charge in [-0.25, -0.2) is 4.68 Å². The van der Waals surface area contributed by atoms with E-state index in [1.165, 1.54) is 4.90 Å². The Labute approximate surface area is 307 Å². The molecule has 2 heterocycles. The zero-order valence-corrected chi connectivity index (χ0v) is 31.5. The fraction of sp³-hybridized carbons (Fsp3) is 0.784. The number of hydrogen-bond acceptors (Lipinski definition) is 11. The van der Waals surface area contributed by atoms with Crippen molar-refractivity contribution in [1.82, 2.24) is 30.1 Å². The highest BCUT2D eigenvalue weighted by molar-refractivity contribution is 6.06. The van der Waals surface area contributed by atoms with Crippen LogP contribution in [0.15, 0.2) is 18.3 Å². The van der Waals surface area contributed by atoms with Crippen molar-refractivity contribution in [2.75, 3.05) is 65.9 Å². The molecule has 0 unspecified atom stereocenters. The van der Waals surface area contributed by atoms with Gasteiger partial charge in [0.2, 0.25) is 23.6 Å². The molecule has 15 nitrogen and oxygen atoms in total. The maximum absolute atomic E-state index is 13.5. The summed E-state index contributed by atoms with van der Waals surface area (Å²) in [5, 5.41) is 20.2. The lowest BCUT2D eigenvalue weighted by atomic mass is 9.85. The van der Waals surface area contributed by atoms with Crippen LogP contribution in [0.5, 0.6) is 0 Å². The van der Waals surface area contributed by atoms with E-state index in [-0.39, 0.29) is 85.9 Å². The third kappa shape index (κ3) is 12.7. The maximum Gasteiger partial charge on any atom is 0.233 e. The van der Waals surface area contributed by atoms with Gasteiger partial charge in [0.1, 0.15) is 5.69 Å². The van der Waals surface area contributed by atoms with Gasteiger partial charge in [0.25, 0.3) is 0 Å². The molecule has 3 aliphatic rings. The van der Waals surface area contributed by atoms with Crippen molar-refractivity contribution >= 4 is 23.6 Å². The Hall–Kier alpha value is -3.24. The summed E-state index contributed by atoms with van der Waals surface area (Å²) >= 11 is 0. The molecule has 4 atom stereocenters. The van der Waals surface area contributed by atoms with E-state index in [0.29, 0.717) is 90.7 Å². The standard InChI is InChI=1S/C37H60N6O9/c1-27(2)52-17-12-37(3,4)38-31(45)11-14-41(25-30-26-42(40-39-30)15-18-49-20-22-51-23-21-50-19-16-44)32(46)8-6-5-7-13-43-35(47)33-28-9-10-29(24-28)34(33)36(43)48/h9-10,26-29,33-34,44H,5-8,11-25H2,1-4H3,(H,38,45)/t28-,29+,33+,34-. The van der Waals surface area contributed by atoms with Crippen LogP contribution in [0.3, 0.4) is 0 Å². The van der Waals surface area contributed by atoms with Crippen molar-refractivity contribution < 1.29 is 43.2 Å². The second-order valence-electron chi connectivity index (χ2n) is 14.8. The predicted molar refractivity (Wildman–Crippen MR) is 190 cm³/mol. The minimum Gasteiger partial charge on any atom is -0.394 e. The van der Waals surface area contributed by atoms with Crippen LogP contribution in [-0.4, -0.2) is 131 Å². The zero-order valence-electron chi connectivity index (χ0n) is 31.5. The van der Waals surface area contributed by atoms with Gasteiger partial charge in [-0.05, 0) is 65.2 Å². The highest BCUT2D eigenvalue weighted by Gasteiger charge is 2.58. The molecule has 0 radical (unpaired) electrons. The minimum atomic E-state index is -0.459. The fourth-order valence-electron chi connectivity index (χ4n) is 7.13. The van der Waals surface area contributed by atoms with Crippen LogP contribution in [0.4, 0.5) is 0 Å². The molecule has 1 saturated heterocycles. The Morgan fingerprint density at radius 2 is 1.58 bits per heavy atom. The molecule has 52 heavy (non-hydrogen) atoms. The molecule has 4 rings (SSSR count). The van der Waals surface area contributed by atoms with Gasteiger partial charge < -0.3 is 34.3 Å². The fourth-order valence-corrected chi connectivity index (χ4v) is 7.13. The van der Waals surface area contributed by atoms with Crippen molar-refractivity contribution in [2.24, 2.45) is 23.7 Å². The summed E-state index contributed by atoms with van der Waals surface area (Å²) in [6, 6.07) is 0. The minimum absolute atomic E-state index is 0.0131. The largest absolute Gasteiger partial charge is 0.394 e. The normalized spacial score (nSPS) is 20.8. The topological polar surface area (TPSA) is 175 Å². The number of imide groups is 1. The number of aromatic nitrogens is 3. The summed E-state index contributed by atoms with van der Waals surface area (Å²) in [5.41, 5.74) is 0.144. The van der Waals surface area contributed by atoms with Crippen molar-refractivity contribution in [3.8, 4) is 0 Å². The van der Waals surface area contributed by atoms with Gasteiger partial charge in [-0.15, -0.1) is 5.10 Å². The first-order chi connectivity index (χ1) is 25.0. The number of allylic oxidation sites excluding steroid dienone is 2. The molecule has 2 bridgehead atoms. The molecule has 1 aromatic rings. The summed E-state index contributed by atoms with van der Waals surface area (Å²) in [4.78, 5) is 55.6. The van der Waals surface area contributed by atoms with Gasteiger partial charge in [0.05, 0.1) is 83.5 Å². The van der Waals surface area contributed by atoms with E-state index < -0.39 is 5.54 Å². The monoisotopic (exact) mass is 732 g/mol. The first kappa shape index (κ1) is 41.5. The van der Waals surface area contributed by atoms with E-state index in [1.54, 1.807) is 15.8 Å². The third-order valence-electron chi connectivity index (χ3n) is 9.83. The SMILES string of the molecule is CC(C)OCCC(C)(C)NC(=O)CCN(Cc1cn(CCOCCOCCOCCO)nn1)C(=O)CCCCCN1C(=O)[C@@H]2[C@H](C1=O)[C@H]1C=C[C@@H]2C1. The van der Waals surface area contributed by atoms with Gasteiger partial charge >= 0.3 is 0 Å². The number of likely N-dealkylation sites (tertiary alicyclic amines) is 1. The lowest BCUT2D eigenvalue weighted by molar-refractivity contribution is -0.141. The number of nitrogens with zero attached hydrogens (tertiary/aromatic N) is 5. The van der Waals surface area contributed by atoms with E-state index in [9.17, 15) is 19.2 Å². The predicted octanol–water partition coefficient (Wildman–Crippen LogP) is 2.12. The zero-order chi connectivity index (χ0) is 37.5. The summed E-state index contributed by atoms with van der Waals surface area (Å²) in [6.07, 6.45) is 10.0. The second kappa shape index (κ2) is 20.9. The highest BCUT2D eigenvalue weighted by atomic mass is 16.5. The maximum atomic E-state index is 13.5. The van der Waals surface area contributed by atoms with Crippen molar-refractivity contribution in [1.29, 1.82) is 0 Å². The van der Waals surface area contributed by atoms with Crippen LogP contribution in [0, 0.1) is 23.7 Å². The third-order valence-corrected chi connectivity index (χ3v) is 9.83. The number of hydrogen-bond donors (Lipinski definition) is 2. The number of aliphatic hydroxyl groups is 1. The Kier molecular flexibility index (Phi) is 16.7. The summed E-state index contributed by atoms with van der Waals surface area (Å²) in [7, 11) is 0. The molecule has 2 fully saturated rings. The molecule has 0 spiro atoms. The molecule has 15 heteroatoms. The number of unbranched alkanes of at least 4 members (excludes halogenated alkanes) is 2. The van der Waals surface area contributed by atoms with Gasteiger partial charge in [-0.3, -0.25) is 24.1 Å². The second-order valence-corrected chi connectivity index (χ2v) is 14.8. The van der Waals surface area contributed by atoms with Crippen molar-refractivity contribution in [3.63, 3.8) is 0 Å². The first-order valence-corrected chi connectivity index (χ1v) is 19.0. The Morgan fingerprint density at radius 1 is 0.923 bits per heavy atom.